The van der Waals surface area contributed by atoms with E-state index in [4.69, 9.17) is 27.9 Å². The zero-order chi connectivity index (χ0) is 22.0. The van der Waals surface area contributed by atoms with Crippen LogP contribution in [0.15, 0.2) is 12.1 Å². The molecule has 1 aromatic rings. The van der Waals surface area contributed by atoms with Crippen molar-refractivity contribution in [3.8, 4) is 11.5 Å². The first-order valence-corrected chi connectivity index (χ1v) is 12.7. The van der Waals surface area contributed by atoms with Gasteiger partial charge in [0.2, 0.25) is 0 Å². The van der Waals surface area contributed by atoms with Gasteiger partial charge < -0.3 is 9.84 Å². The summed E-state index contributed by atoms with van der Waals surface area (Å²) in [5.41, 5.74) is 0. The van der Waals surface area contributed by atoms with Crippen LogP contribution in [0.4, 0.5) is 0 Å². The Balaban J connectivity index is 1.89. The number of phenolic OH excluding ortho intramolecular Hbond substituents is 1. The number of carbonyl (C=O) groups excluding carboxylic acids is 1. The molecule has 5 heteroatoms. The van der Waals surface area contributed by atoms with E-state index in [0.29, 0.717) is 6.42 Å². The SMILES string of the molecule is CCCCCCCCCCCCCCCCCCC(=O)Oc1cc(Cl)c(O)cc1Cl. The van der Waals surface area contributed by atoms with E-state index >= 15 is 0 Å². The van der Waals surface area contributed by atoms with Crippen molar-refractivity contribution in [3.63, 3.8) is 0 Å². The second-order valence-electron chi connectivity index (χ2n) is 8.26. The predicted molar refractivity (Wildman–Crippen MR) is 128 cm³/mol. The maximum atomic E-state index is 11.9. The van der Waals surface area contributed by atoms with Crippen LogP contribution in [0.25, 0.3) is 0 Å². The molecule has 0 atom stereocenters. The van der Waals surface area contributed by atoms with Crippen LogP contribution >= 0.6 is 23.2 Å². The molecule has 0 heterocycles. The largest absolute Gasteiger partial charge is 0.506 e. The van der Waals surface area contributed by atoms with Crippen LogP contribution in [-0.4, -0.2) is 11.1 Å². The van der Waals surface area contributed by atoms with Gasteiger partial charge in [-0.15, -0.1) is 0 Å². The molecular weight excluding hydrogens is 419 g/mol. The molecule has 0 saturated heterocycles. The van der Waals surface area contributed by atoms with Crippen molar-refractivity contribution in [1.29, 1.82) is 0 Å². The molecule has 0 aromatic heterocycles. The van der Waals surface area contributed by atoms with Gasteiger partial charge in [-0.3, -0.25) is 4.79 Å². The topological polar surface area (TPSA) is 46.5 Å². The quantitative estimate of drug-likeness (QED) is 0.135. The van der Waals surface area contributed by atoms with E-state index in [9.17, 15) is 9.90 Å². The van der Waals surface area contributed by atoms with Gasteiger partial charge in [-0.25, -0.2) is 0 Å². The van der Waals surface area contributed by atoms with E-state index in [0.717, 1.165) is 19.3 Å². The predicted octanol–water partition coefficient (Wildman–Crippen LogP) is 9.26. The van der Waals surface area contributed by atoms with Gasteiger partial charge in [-0.1, -0.05) is 126 Å². The molecule has 0 fully saturated rings. The van der Waals surface area contributed by atoms with E-state index < -0.39 is 0 Å². The fourth-order valence-electron chi connectivity index (χ4n) is 3.59. The van der Waals surface area contributed by atoms with Crippen molar-refractivity contribution in [2.45, 2.75) is 116 Å². The monoisotopic (exact) mass is 458 g/mol. The summed E-state index contributed by atoms with van der Waals surface area (Å²) in [6.07, 6.45) is 21.2. The number of unbranched alkanes of at least 4 members (excludes halogenated alkanes) is 15. The smallest absolute Gasteiger partial charge is 0.311 e. The van der Waals surface area contributed by atoms with Crippen molar-refractivity contribution < 1.29 is 14.6 Å². The number of halogens is 2. The van der Waals surface area contributed by atoms with Crippen LogP contribution in [0.1, 0.15) is 116 Å². The Morgan fingerprint density at radius 1 is 0.733 bits per heavy atom. The third-order valence-electron chi connectivity index (χ3n) is 5.46. The number of hydrogen-bond donors (Lipinski definition) is 1. The lowest BCUT2D eigenvalue weighted by Crippen LogP contribution is -2.07. The van der Waals surface area contributed by atoms with Gasteiger partial charge in [0.15, 0.2) is 5.75 Å². The molecular formula is C25H40Cl2O3. The van der Waals surface area contributed by atoms with Gasteiger partial charge in [0.1, 0.15) is 5.75 Å². The molecule has 0 saturated carbocycles. The average Bonchev–Trinajstić information content (AvgIpc) is 2.71. The molecule has 1 aromatic carbocycles. The molecule has 1 rings (SSSR count). The Hall–Kier alpha value is -0.930. The Bertz CT molecular complexity index is 590. The molecule has 0 amide bonds. The first-order valence-electron chi connectivity index (χ1n) is 11.9. The van der Waals surface area contributed by atoms with Gasteiger partial charge in [0.05, 0.1) is 10.0 Å². The van der Waals surface area contributed by atoms with E-state index in [1.807, 2.05) is 0 Å². The zero-order valence-electron chi connectivity index (χ0n) is 18.7. The number of benzene rings is 1. The average molecular weight is 459 g/mol. The van der Waals surface area contributed by atoms with Crippen LogP contribution in [0.2, 0.25) is 10.0 Å². The number of phenols is 1. The minimum Gasteiger partial charge on any atom is -0.506 e. The molecule has 0 aliphatic carbocycles. The first kappa shape index (κ1) is 27.1. The second kappa shape index (κ2) is 17.7. The van der Waals surface area contributed by atoms with Crippen LogP contribution in [0, 0.1) is 0 Å². The fourth-order valence-corrected chi connectivity index (χ4v) is 3.94. The summed E-state index contributed by atoms with van der Waals surface area (Å²) in [6, 6.07) is 2.64. The van der Waals surface area contributed by atoms with Gasteiger partial charge in [-0.2, -0.15) is 0 Å². The summed E-state index contributed by atoms with van der Waals surface area (Å²) in [7, 11) is 0. The molecule has 1 N–H and O–H groups in total. The molecule has 0 bridgehead atoms. The van der Waals surface area contributed by atoms with Crippen LogP contribution in [0.3, 0.4) is 0 Å². The number of aromatic hydroxyl groups is 1. The number of rotatable bonds is 18. The molecule has 3 nitrogen and oxygen atoms in total. The molecule has 0 aliphatic heterocycles. The van der Waals surface area contributed by atoms with Crippen molar-refractivity contribution >= 4 is 29.2 Å². The lowest BCUT2D eigenvalue weighted by atomic mass is 10.0. The Kier molecular flexibility index (Phi) is 16.0. The van der Waals surface area contributed by atoms with E-state index in [1.165, 1.54) is 95.6 Å². The van der Waals surface area contributed by atoms with Gasteiger partial charge in [0, 0.05) is 18.6 Å². The lowest BCUT2D eigenvalue weighted by Gasteiger charge is -2.08. The highest BCUT2D eigenvalue weighted by Gasteiger charge is 2.11. The lowest BCUT2D eigenvalue weighted by molar-refractivity contribution is -0.134. The molecule has 30 heavy (non-hydrogen) atoms. The van der Waals surface area contributed by atoms with Crippen molar-refractivity contribution in [2.24, 2.45) is 0 Å². The van der Waals surface area contributed by atoms with Crippen LogP contribution in [0.5, 0.6) is 11.5 Å². The van der Waals surface area contributed by atoms with Gasteiger partial charge in [0.25, 0.3) is 0 Å². The number of carbonyl (C=O) groups is 1. The minimum absolute atomic E-state index is 0.115. The molecule has 172 valence electrons. The summed E-state index contributed by atoms with van der Waals surface area (Å²) >= 11 is 11.8. The highest BCUT2D eigenvalue weighted by atomic mass is 35.5. The van der Waals surface area contributed by atoms with Crippen molar-refractivity contribution in [3.05, 3.63) is 22.2 Å². The van der Waals surface area contributed by atoms with Gasteiger partial charge >= 0.3 is 5.97 Å². The van der Waals surface area contributed by atoms with Crippen molar-refractivity contribution in [2.75, 3.05) is 0 Å². The maximum absolute atomic E-state index is 11.9. The normalized spacial score (nSPS) is 11.0. The summed E-state index contributed by atoms with van der Waals surface area (Å²) in [6.45, 7) is 2.27. The highest BCUT2D eigenvalue weighted by Crippen LogP contribution is 2.35. The third-order valence-corrected chi connectivity index (χ3v) is 6.06. The Morgan fingerprint density at radius 2 is 1.17 bits per heavy atom. The summed E-state index contributed by atoms with van der Waals surface area (Å²) in [5.74, 6) is -0.246. The van der Waals surface area contributed by atoms with E-state index in [-0.39, 0.29) is 27.5 Å². The zero-order valence-corrected chi connectivity index (χ0v) is 20.2. The summed E-state index contributed by atoms with van der Waals surface area (Å²) in [4.78, 5) is 11.9. The Morgan fingerprint density at radius 3 is 1.63 bits per heavy atom. The Labute approximate surface area is 193 Å². The number of hydrogen-bond acceptors (Lipinski definition) is 3. The summed E-state index contributed by atoms with van der Waals surface area (Å²) < 4.78 is 5.24. The third kappa shape index (κ3) is 13.4. The standard InChI is InChI=1S/C25H40Cl2O3/c1-2-3-4-5-6-7-8-9-10-11-12-13-14-15-16-17-18-25(29)30-24-20-21(26)23(28)19-22(24)27/h19-20,28H,2-18H2,1H3. The fraction of sp³-hybridized carbons (Fsp3) is 0.720. The van der Waals surface area contributed by atoms with Crippen LogP contribution < -0.4 is 4.74 Å². The number of ether oxygens (including phenoxy) is 1. The molecule has 0 unspecified atom stereocenters. The highest BCUT2D eigenvalue weighted by molar-refractivity contribution is 6.35. The second-order valence-corrected chi connectivity index (χ2v) is 9.08. The van der Waals surface area contributed by atoms with E-state index in [2.05, 4.69) is 6.92 Å². The first-order chi connectivity index (χ1) is 14.5. The minimum atomic E-state index is -0.316. The van der Waals surface area contributed by atoms with E-state index in [1.54, 1.807) is 0 Å². The molecule has 0 aliphatic rings. The maximum Gasteiger partial charge on any atom is 0.311 e. The molecule has 0 radical (unpaired) electrons. The molecule has 0 spiro atoms. The van der Waals surface area contributed by atoms with Crippen LogP contribution in [-0.2, 0) is 4.79 Å². The number of esters is 1. The van der Waals surface area contributed by atoms with Crippen molar-refractivity contribution in [1.82, 2.24) is 0 Å². The van der Waals surface area contributed by atoms with Gasteiger partial charge in [-0.05, 0) is 6.42 Å². The summed E-state index contributed by atoms with van der Waals surface area (Å²) in [5, 5.41) is 9.75.